The van der Waals surface area contributed by atoms with E-state index in [9.17, 15) is 14.4 Å². The van der Waals surface area contributed by atoms with Gasteiger partial charge in [0.25, 0.3) is 0 Å². The largest absolute Gasteiger partial charge is 0.445 e. The second kappa shape index (κ2) is 13.2. The van der Waals surface area contributed by atoms with Crippen molar-refractivity contribution < 1.29 is 19.1 Å². The summed E-state index contributed by atoms with van der Waals surface area (Å²) in [6.45, 7) is 6.08. The van der Waals surface area contributed by atoms with Gasteiger partial charge in [0.2, 0.25) is 11.8 Å². The summed E-state index contributed by atoms with van der Waals surface area (Å²) in [6.07, 6.45) is 0.125. The van der Waals surface area contributed by atoms with Crippen LogP contribution in [0.5, 0.6) is 0 Å². The lowest BCUT2D eigenvalue weighted by Gasteiger charge is -2.23. The molecule has 1 aromatic heterocycles. The van der Waals surface area contributed by atoms with Crippen molar-refractivity contribution in [3.05, 3.63) is 78.0 Å². The molecule has 3 rings (SSSR count). The van der Waals surface area contributed by atoms with Crippen LogP contribution >= 0.6 is 0 Å². The highest BCUT2D eigenvalue weighted by molar-refractivity contribution is 5.91. The summed E-state index contributed by atoms with van der Waals surface area (Å²) >= 11 is 0. The number of aromatic nitrogens is 1. The summed E-state index contributed by atoms with van der Waals surface area (Å²) in [6, 6.07) is 19.3. The molecule has 0 bridgehead atoms. The van der Waals surface area contributed by atoms with Gasteiger partial charge in [-0.15, -0.1) is 0 Å². The Hall–Kier alpha value is -3.94. The second-order valence-electron chi connectivity index (χ2n) is 9.07. The zero-order valence-corrected chi connectivity index (χ0v) is 21.0. The van der Waals surface area contributed by atoms with Crippen LogP contribution in [0.2, 0.25) is 0 Å². The van der Waals surface area contributed by atoms with Gasteiger partial charge in [0.1, 0.15) is 18.7 Å². The van der Waals surface area contributed by atoms with Crippen LogP contribution < -0.4 is 16.0 Å². The minimum atomic E-state index is -0.822. The highest BCUT2D eigenvalue weighted by atomic mass is 16.5. The molecule has 0 aliphatic rings. The van der Waals surface area contributed by atoms with Crippen molar-refractivity contribution in [3.63, 3.8) is 0 Å². The number of para-hydroxylation sites is 1. The van der Waals surface area contributed by atoms with E-state index in [0.29, 0.717) is 12.8 Å². The van der Waals surface area contributed by atoms with Crippen molar-refractivity contribution in [1.29, 1.82) is 0 Å². The van der Waals surface area contributed by atoms with Crippen LogP contribution in [-0.4, -0.2) is 35.0 Å². The molecular weight excluding hydrogens is 456 g/mol. The lowest BCUT2D eigenvalue weighted by Crippen LogP contribution is -2.53. The summed E-state index contributed by atoms with van der Waals surface area (Å²) in [5.41, 5.74) is 2.43. The summed E-state index contributed by atoms with van der Waals surface area (Å²) < 4.78 is 5.27. The fourth-order valence-corrected chi connectivity index (χ4v) is 3.74. The van der Waals surface area contributed by atoms with Crippen molar-refractivity contribution in [1.82, 2.24) is 20.9 Å². The number of hydrogen-bond donors (Lipinski definition) is 3. The van der Waals surface area contributed by atoms with E-state index in [-0.39, 0.29) is 25.0 Å². The number of carbonyl (C=O) groups is 3. The van der Waals surface area contributed by atoms with Gasteiger partial charge in [-0.1, -0.05) is 75.4 Å². The Kier molecular flexibility index (Phi) is 9.80. The topological polar surface area (TPSA) is 109 Å². The summed E-state index contributed by atoms with van der Waals surface area (Å²) in [5.74, 6) is -0.593. The normalized spacial score (nSPS) is 12.6. The molecule has 1 heterocycles. The molecule has 3 aromatic rings. The van der Waals surface area contributed by atoms with Crippen molar-refractivity contribution in [2.75, 3.05) is 0 Å². The molecule has 8 heteroatoms. The molecule has 0 spiro atoms. The maximum absolute atomic E-state index is 13.0. The minimum absolute atomic E-state index is 0.103. The van der Waals surface area contributed by atoms with Gasteiger partial charge in [0.15, 0.2) is 0 Å². The van der Waals surface area contributed by atoms with Gasteiger partial charge >= 0.3 is 6.09 Å². The number of pyridine rings is 1. The molecule has 0 fully saturated rings. The molecule has 3 amide bonds. The summed E-state index contributed by atoms with van der Waals surface area (Å²) in [4.78, 5) is 42.7. The van der Waals surface area contributed by atoms with Gasteiger partial charge in [0, 0.05) is 5.39 Å². The Bertz CT molecular complexity index is 1170. The van der Waals surface area contributed by atoms with E-state index in [2.05, 4.69) is 20.9 Å². The van der Waals surface area contributed by atoms with E-state index >= 15 is 0 Å². The van der Waals surface area contributed by atoms with Crippen molar-refractivity contribution in [2.24, 2.45) is 5.92 Å². The first kappa shape index (κ1) is 26.7. The number of hydrogen-bond acceptors (Lipinski definition) is 5. The monoisotopic (exact) mass is 490 g/mol. The van der Waals surface area contributed by atoms with E-state index < -0.39 is 24.1 Å². The highest BCUT2D eigenvalue weighted by Gasteiger charge is 2.27. The molecule has 0 unspecified atom stereocenters. The van der Waals surface area contributed by atoms with Crippen LogP contribution in [-0.2, 0) is 27.5 Å². The van der Waals surface area contributed by atoms with E-state index in [1.54, 1.807) is 0 Å². The van der Waals surface area contributed by atoms with Gasteiger partial charge in [-0.2, -0.15) is 0 Å². The third kappa shape index (κ3) is 8.08. The van der Waals surface area contributed by atoms with Gasteiger partial charge < -0.3 is 20.7 Å². The zero-order valence-electron chi connectivity index (χ0n) is 21.0. The first-order chi connectivity index (χ1) is 17.4. The van der Waals surface area contributed by atoms with Crippen LogP contribution in [0, 0.1) is 5.92 Å². The van der Waals surface area contributed by atoms with Crippen LogP contribution in [0.3, 0.4) is 0 Å². The number of ether oxygens (including phenoxy) is 1. The molecule has 190 valence electrons. The minimum Gasteiger partial charge on any atom is -0.445 e. The molecule has 8 nitrogen and oxygen atoms in total. The van der Waals surface area contributed by atoms with Crippen LogP contribution in [0.15, 0.2) is 66.7 Å². The number of benzene rings is 2. The maximum atomic E-state index is 13.0. The maximum Gasteiger partial charge on any atom is 0.408 e. The number of fused-ring (bicyclic) bond motifs is 1. The van der Waals surface area contributed by atoms with Gasteiger partial charge in [-0.25, -0.2) is 4.79 Å². The highest BCUT2D eigenvalue weighted by Crippen LogP contribution is 2.12. The Balaban J connectivity index is 1.55. The predicted octanol–water partition coefficient (Wildman–Crippen LogP) is 4.09. The van der Waals surface area contributed by atoms with Crippen molar-refractivity contribution in [2.45, 2.75) is 58.8 Å². The van der Waals surface area contributed by atoms with Gasteiger partial charge in [-0.05, 0) is 36.5 Å². The van der Waals surface area contributed by atoms with Crippen molar-refractivity contribution in [3.8, 4) is 0 Å². The molecule has 3 N–H and O–H groups in total. The zero-order chi connectivity index (χ0) is 25.9. The fraction of sp³-hybridized carbons (Fsp3) is 0.357. The molecular formula is C28H34N4O4. The van der Waals surface area contributed by atoms with Crippen LogP contribution in [0.1, 0.15) is 44.9 Å². The summed E-state index contributed by atoms with van der Waals surface area (Å²) in [5, 5.41) is 9.30. The lowest BCUT2D eigenvalue weighted by atomic mass is 10.0. The molecule has 2 aromatic carbocycles. The smallest absolute Gasteiger partial charge is 0.408 e. The number of amides is 3. The number of alkyl carbamates (subject to hydrolysis) is 1. The molecule has 0 aliphatic carbocycles. The standard InChI is InChI=1S/C28H34N4O4/c1-4-23(26(33)29-17-22-15-14-21-12-8-9-13-24(21)30-22)31-27(34)25(16-19(2)3)32-28(35)36-18-20-10-6-5-7-11-20/h5-15,19,23,25H,4,16-18H2,1-3H3,(H,29,33)(H,31,34)(H,32,35)/t23-,25-/m0/s1. The Morgan fingerprint density at radius 3 is 2.31 bits per heavy atom. The Labute approximate surface area is 211 Å². The second-order valence-corrected chi connectivity index (χ2v) is 9.07. The number of nitrogens with zero attached hydrogens (tertiary/aromatic N) is 1. The van der Waals surface area contributed by atoms with E-state index in [4.69, 9.17) is 4.74 Å². The molecule has 0 radical (unpaired) electrons. The van der Waals surface area contributed by atoms with E-state index in [1.807, 2.05) is 87.5 Å². The average molecular weight is 491 g/mol. The lowest BCUT2D eigenvalue weighted by molar-refractivity contribution is -0.130. The first-order valence-corrected chi connectivity index (χ1v) is 12.3. The molecule has 0 saturated carbocycles. The van der Waals surface area contributed by atoms with E-state index in [1.165, 1.54) is 0 Å². The Morgan fingerprint density at radius 2 is 1.58 bits per heavy atom. The molecule has 0 saturated heterocycles. The van der Waals surface area contributed by atoms with E-state index in [0.717, 1.165) is 22.2 Å². The molecule has 36 heavy (non-hydrogen) atoms. The van der Waals surface area contributed by atoms with Gasteiger partial charge in [0.05, 0.1) is 17.8 Å². The summed E-state index contributed by atoms with van der Waals surface area (Å²) in [7, 11) is 0. The van der Waals surface area contributed by atoms with Crippen molar-refractivity contribution >= 4 is 28.8 Å². The fourth-order valence-electron chi connectivity index (χ4n) is 3.74. The number of rotatable bonds is 11. The van der Waals surface area contributed by atoms with Crippen LogP contribution in [0.4, 0.5) is 4.79 Å². The molecule has 2 atom stereocenters. The third-order valence-electron chi connectivity index (χ3n) is 5.67. The number of nitrogens with one attached hydrogen (secondary N) is 3. The first-order valence-electron chi connectivity index (χ1n) is 12.3. The number of carbonyl (C=O) groups excluding carboxylic acids is 3. The quantitative estimate of drug-likeness (QED) is 0.375. The third-order valence-corrected chi connectivity index (χ3v) is 5.67. The van der Waals surface area contributed by atoms with Gasteiger partial charge in [-0.3, -0.25) is 14.6 Å². The Morgan fingerprint density at radius 1 is 0.861 bits per heavy atom. The predicted molar refractivity (Wildman–Crippen MR) is 139 cm³/mol. The molecule has 0 aliphatic heterocycles. The van der Waals surface area contributed by atoms with Crippen LogP contribution in [0.25, 0.3) is 10.9 Å². The average Bonchev–Trinajstić information content (AvgIpc) is 2.88. The SMILES string of the molecule is CC[C@H](NC(=O)[C@H](CC(C)C)NC(=O)OCc1ccccc1)C(=O)NCc1ccc2ccccc2n1.